The van der Waals surface area contributed by atoms with E-state index in [-0.39, 0.29) is 12.0 Å². The molecule has 0 aromatic carbocycles. The Hall–Kier alpha value is -0.830. The lowest BCUT2D eigenvalue weighted by Crippen LogP contribution is -2.31. The lowest BCUT2D eigenvalue weighted by molar-refractivity contribution is -0.142. The van der Waals surface area contributed by atoms with Gasteiger partial charge in [-0.2, -0.15) is 0 Å². The summed E-state index contributed by atoms with van der Waals surface area (Å²) in [5, 5.41) is 2.98. The monoisotopic (exact) mass is 171 g/mol. The average molecular weight is 171 g/mol. The summed E-state index contributed by atoms with van der Waals surface area (Å²) < 4.78 is 4.54. The third kappa shape index (κ3) is 3.05. The van der Waals surface area contributed by atoms with Crippen molar-refractivity contribution in [2.24, 2.45) is 0 Å². The fourth-order valence-corrected chi connectivity index (χ4v) is 1.01. The van der Waals surface area contributed by atoms with Gasteiger partial charge in [0.1, 0.15) is 6.04 Å². The van der Waals surface area contributed by atoms with E-state index in [0.29, 0.717) is 6.42 Å². The van der Waals surface area contributed by atoms with E-state index in [2.05, 4.69) is 16.6 Å². The molecule has 3 nitrogen and oxygen atoms in total. The lowest BCUT2D eigenvalue weighted by atomic mass is 10.2. The van der Waals surface area contributed by atoms with Crippen LogP contribution in [0.25, 0.3) is 0 Å². The number of carbonyl (C=O) groups excluding carboxylic acids is 1. The zero-order chi connectivity index (χ0) is 9.56. The maximum Gasteiger partial charge on any atom is 0.323 e. The molecule has 0 aromatic heterocycles. The summed E-state index contributed by atoms with van der Waals surface area (Å²) in [6, 6.07) is -0.155. The van der Waals surface area contributed by atoms with Gasteiger partial charge in [-0.3, -0.25) is 4.79 Å². The van der Waals surface area contributed by atoms with E-state index in [9.17, 15) is 4.79 Å². The molecule has 70 valence electrons. The van der Waals surface area contributed by atoms with Crippen molar-refractivity contribution in [1.29, 1.82) is 0 Å². The maximum atomic E-state index is 10.8. The number of esters is 1. The van der Waals surface area contributed by atoms with Gasteiger partial charge in [0.25, 0.3) is 0 Å². The van der Waals surface area contributed by atoms with Crippen molar-refractivity contribution in [2.75, 3.05) is 13.7 Å². The minimum atomic E-state index is -0.196. The van der Waals surface area contributed by atoms with Crippen molar-refractivity contribution in [2.45, 2.75) is 26.3 Å². The second-order valence-corrected chi connectivity index (χ2v) is 2.41. The molecule has 0 aliphatic carbocycles. The second-order valence-electron chi connectivity index (χ2n) is 2.41. The summed E-state index contributed by atoms with van der Waals surface area (Å²) in [6.45, 7) is 8.49. The Morgan fingerprint density at radius 1 is 1.67 bits per heavy atom. The van der Waals surface area contributed by atoms with Crippen LogP contribution in [0.2, 0.25) is 0 Å². The van der Waals surface area contributed by atoms with Crippen molar-refractivity contribution in [3.8, 4) is 0 Å². The molecule has 0 aromatic rings. The molecule has 0 saturated carbocycles. The Labute approximate surface area is 73.8 Å². The molecule has 12 heavy (non-hydrogen) atoms. The summed E-state index contributed by atoms with van der Waals surface area (Å²) >= 11 is 0. The first-order valence-corrected chi connectivity index (χ1v) is 4.22. The van der Waals surface area contributed by atoms with E-state index in [4.69, 9.17) is 0 Å². The number of carbonyl (C=O) groups is 1. The van der Waals surface area contributed by atoms with Gasteiger partial charge in [-0.25, -0.2) is 0 Å². The number of methoxy groups -OCH3 is 1. The summed E-state index contributed by atoms with van der Waals surface area (Å²) in [5.41, 5.74) is 1.07. The van der Waals surface area contributed by atoms with Crippen LogP contribution in [0, 0.1) is 0 Å². The van der Waals surface area contributed by atoms with Crippen LogP contribution in [-0.4, -0.2) is 25.7 Å². The highest BCUT2D eigenvalue weighted by atomic mass is 16.5. The molecule has 1 heterocycles. The van der Waals surface area contributed by atoms with Gasteiger partial charge in [0, 0.05) is 6.54 Å². The van der Waals surface area contributed by atoms with Gasteiger partial charge >= 0.3 is 5.97 Å². The largest absolute Gasteiger partial charge is 0.468 e. The van der Waals surface area contributed by atoms with Gasteiger partial charge in [-0.1, -0.05) is 26.0 Å². The molecule has 1 aliphatic rings. The fraction of sp³-hybridized carbons (Fsp3) is 0.667. The molecule has 0 spiro atoms. The lowest BCUT2D eigenvalue weighted by Gasteiger charge is -2.04. The van der Waals surface area contributed by atoms with Crippen LogP contribution < -0.4 is 5.32 Å². The van der Waals surface area contributed by atoms with Gasteiger partial charge in [0.05, 0.1) is 7.11 Å². The van der Waals surface area contributed by atoms with Crippen molar-refractivity contribution in [3.05, 3.63) is 12.2 Å². The van der Waals surface area contributed by atoms with Crippen LogP contribution >= 0.6 is 0 Å². The third-order valence-electron chi connectivity index (χ3n) is 1.58. The smallest absolute Gasteiger partial charge is 0.323 e. The predicted molar refractivity (Wildman–Crippen MR) is 48.9 cm³/mol. The zero-order valence-electron chi connectivity index (χ0n) is 8.02. The number of ether oxygens (including phenoxy) is 1. The molecule has 1 fully saturated rings. The molecule has 1 aliphatic heterocycles. The molecule has 0 amide bonds. The SMILES string of the molecule is C=C1CNC(C(=O)OC)C1.CC. The van der Waals surface area contributed by atoms with Gasteiger partial charge in [0.2, 0.25) is 0 Å². The molecule has 0 bridgehead atoms. The summed E-state index contributed by atoms with van der Waals surface area (Å²) in [6.07, 6.45) is 0.715. The molecular weight excluding hydrogens is 154 g/mol. The predicted octanol–water partition coefficient (Wildman–Crippen LogP) is 1.10. The topological polar surface area (TPSA) is 38.3 Å². The van der Waals surface area contributed by atoms with Crippen molar-refractivity contribution in [3.63, 3.8) is 0 Å². The fourth-order valence-electron chi connectivity index (χ4n) is 1.01. The Kier molecular flexibility index (Phi) is 5.37. The van der Waals surface area contributed by atoms with E-state index in [0.717, 1.165) is 12.1 Å². The zero-order valence-corrected chi connectivity index (χ0v) is 8.02. The van der Waals surface area contributed by atoms with E-state index >= 15 is 0 Å². The van der Waals surface area contributed by atoms with Crippen LogP contribution in [0.15, 0.2) is 12.2 Å². The number of hydrogen-bond donors (Lipinski definition) is 1. The third-order valence-corrected chi connectivity index (χ3v) is 1.58. The molecule has 0 radical (unpaired) electrons. The summed E-state index contributed by atoms with van der Waals surface area (Å²) in [4.78, 5) is 10.8. The highest BCUT2D eigenvalue weighted by molar-refractivity contribution is 5.76. The van der Waals surface area contributed by atoms with Gasteiger partial charge < -0.3 is 10.1 Å². The van der Waals surface area contributed by atoms with Crippen molar-refractivity contribution in [1.82, 2.24) is 5.32 Å². The number of rotatable bonds is 1. The standard InChI is InChI=1S/C7H11NO2.C2H6/c1-5-3-6(8-4-5)7(9)10-2;1-2/h6,8H,1,3-4H2,2H3;1-2H3. The van der Waals surface area contributed by atoms with E-state index < -0.39 is 0 Å². The quantitative estimate of drug-likeness (QED) is 0.474. The van der Waals surface area contributed by atoms with E-state index in [1.54, 1.807) is 0 Å². The minimum absolute atomic E-state index is 0.155. The number of hydrogen-bond acceptors (Lipinski definition) is 3. The van der Waals surface area contributed by atoms with Gasteiger partial charge in [-0.15, -0.1) is 0 Å². The van der Waals surface area contributed by atoms with Crippen LogP contribution in [0.3, 0.4) is 0 Å². The minimum Gasteiger partial charge on any atom is -0.468 e. The van der Waals surface area contributed by atoms with Crippen LogP contribution in [0.5, 0.6) is 0 Å². The normalized spacial score (nSPS) is 21.2. The summed E-state index contributed by atoms with van der Waals surface area (Å²) in [5.74, 6) is -0.196. The van der Waals surface area contributed by atoms with Crippen LogP contribution in [0.4, 0.5) is 0 Å². The Morgan fingerprint density at radius 2 is 2.25 bits per heavy atom. The maximum absolute atomic E-state index is 10.8. The molecule has 1 atom stereocenters. The molecule has 3 heteroatoms. The van der Waals surface area contributed by atoms with Gasteiger partial charge in [0.15, 0.2) is 0 Å². The van der Waals surface area contributed by atoms with Crippen LogP contribution in [0.1, 0.15) is 20.3 Å². The van der Waals surface area contributed by atoms with Crippen LogP contribution in [-0.2, 0) is 9.53 Å². The molecule has 1 saturated heterocycles. The Balaban J connectivity index is 0.000000561. The molecule has 1 unspecified atom stereocenters. The highest BCUT2D eigenvalue weighted by Gasteiger charge is 2.24. The Bertz CT molecular complexity index is 166. The first kappa shape index (κ1) is 11.2. The number of nitrogens with one attached hydrogen (secondary N) is 1. The molecule has 1 N–H and O–H groups in total. The molecule has 1 rings (SSSR count). The first-order chi connectivity index (χ1) is 5.74. The molecular formula is C9H17NO2. The Morgan fingerprint density at radius 3 is 2.58 bits per heavy atom. The van der Waals surface area contributed by atoms with Crippen molar-refractivity contribution >= 4 is 5.97 Å². The highest BCUT2D eigenvalue weighted by Crippen LogP contribution is 2.10. The van der Waals surface area contributed by atoms with Crippen molar-refractivity contribution < 1.29 is 9.53 Å². The summed E-state index contributed by atoms with van der Waals surface area (Å²) in [7, 11) is 1.39. The van der Waals surface area contributed by atoms with E-state index in [1.165, 1.54) is 7.11 Å². The van der Waals surface area contributed by atoms with E-state index in [1.807, 2.05) is 13.8 Å². The van der Waals surface area contributed by atoms with Gasteiger partial charge in [-0.05, 0) is 6.42 Å². The average Bonchev–Trinajstić information content (AvgIpc) is 2.54. The second kappa shape index (κ2) is 5.77. The first-order valence-electron chi connectivity index (χ1n) is 4.22.